The van der Waals surface area contributed by atoms with Crippen LogP contribution in [0.5, 0.6) is 5.75 Å². The molecule has 0 saturated carbocycles. The maximum Gasteiger partial charge on any atom is 0.291 e. The van der Waals surface area contributed by atoms with Crippen molar-refractivity contribution in [3.63, 3.8) is 0 Å². The summed E-state index contributed by atoms with van der Waals surface area (Å²) in [5, 5.41) is 25.1. The van der Waals surface area contributed by atoms with E-state index < -0.39 is 35.5 Å². The number of nitrogens with one attached hydrogen (secondary N) is 2. The van der Waals surface area contributed by atoms with Crippen molar-refractivity contribution in [2.75, 3.05) is 25.6 Å². The van der Waals surface area contributed by atoms with Crippen LogP contribution in [0.3, 0.4) is 0 Å². The first kappa shape index (κ1) is 29.3. The predicted molar refractivity (Wildman–Crippen MR) is 148 cm³/mol. The standard InChI is InChI=1S/C27H27ClFN7O5/c1-5-21(25(39)33-22(15(3)38)16-8-17(29)10-18(9-16)41-4)36-7-6-35-12-20(32-24(35)26(36)40)23-19(28)11-30-27(34-23)31-14(2)13-37/h1,8-12,14,21-22,37-38H,3,6-7,13H2,2,4H3,(H,33,39)(H,30,31,34)/t14-,21-,22+/m0/s1. The molecule has 3 aromatic rings. The van der Waals surface area contributed by atoms with Gasteiger partial charge in [0.15, 0.2) is 11.9 Å². The summed E-state index contributed by atoms with van der Waals surface area (Å²) in [5.74, 6) is 0.152. The minimum Gasteiger partial charge on any atom is -0.510 e. The fraction of sp³-hybridized carbons (Fsp3) is 0.296. The molecule has 0 unspecified atom stereocenters. The molecule has 0 saturated heterocycles. The molecule has 2 amide bonds. The van der Waals surface area contributed by atoms with E-state index in [4.69, 9.17) is 22.8 Å². The van der Waals surface area contributed by atoms with Crippen LogP contribution in [0, 0.1) is 18.2 Å². The molecule has 4 rings (SSSR count). The van der Waals surface area contributed by atoms with Gasteiger partial charge in [0.05, 0.1) is 24.9 Å². The molecule has 0 fully saturated rings. The quantitative estimate of drug-likeness (QED) is 0.208. The van der Waals surface area contributed by atoms with E-state index in [-0.39, 0.29) is 59.5 Å². The second-order valence-electron chi connectivity index (χ2n) is 9.19. The van der Waals surface area contributed by atoms with E-state index in [0.29, 0.717) is 5.69 Å². The minimum atomic E-state index is -1.38. The van der Waals surface area contributed by atoms with Crippen molar-refractivity contribution < 1.29 is 28.9 Å². The van der Waals surface area contributed by atoms with Gasteiger partial charge in [0.1, 0.15) is 34.8 Å². The number of nitrogens with zero attached hydrogens (tertiary/aromatic N) is 5. The zero-order valence-corrected chi connectivity index (χ0v) is 22.9. The summed E-state index contributed by atoms with van der Waals surface area (Å²) < 4.78 is 20.8. The van der Waals surface area contributed by atoms with E-state index in [1.54, 1.807) is 17.7 Å². The van der Waals surface area contributed by atoms with Crippen LogP contribution in [0.25, 0.3) is 11.4 Å². The predicted octanol–water partition coefficient (Wildman–Crippen LogP) is 2.32. The molecule has 1 aliphatic heterocycles. The maximum atomic E-state index is 14.1. The van der Waals surface area contributed by atoms with Gasteiger partial charge in [-0.05, 0) is 24.6 Å². The molecular weight excluding hydrogens is 557 g/mol. The first-order valence-corrected chi connectivity index (χ1v) is 12.7. The Balaban J connectivity index is 1.57. The Morgan fingerprint density at radius 3 is 2.76 bits per heavy atom. The lowest BCUT2D eigenvalue weighted by atomic mass is 10.0. The highest BCUT2D eigenvalue weighted by Gasteiger charge is 2.36. The number of ether oxygens (including phenoxy) is 1. The van der Waals surface area contributed by atoms with E-state index in [0.717, 1.165) is 12.1 Å². The van der Waals surface area contributed by atoms with Crippen LogP contribution in [-0.4, -0.2) is 78.8 Å². The van der Waals surface area contributed by atoms with Crippen molar-refractivity contribution in [1.29, 1.82) is 0 Å². The molecule has 14 heteroatoms. The molecule has 3 heterocycles. The Labute approximate surface area is 239 Å². The lowest BCUT2D eigenvalue weighted by molar-refractivity contribution is -0.124. The number of anilines is 1. The van der Waals surface area contributed by atoms with Crippen LogP contribution in [0.1, 0.15) is 29.1 Å². The number of carbonyl (C=O) groups is 2. The van der Waals surface area contributed by atoms with E-state index >= 15 is 0 Å². The number of halogens is 2. The molecule has 12 nitrogen and oxygen atoms in total. The second kappa shape index (κ2) is 12.2. The highest BCUT2D eigenvalue weighted by atomic mass is 35.5. The number of fused-ring (bicyclic) bond motifs is 1. The van der Waals surface area contributed by atoms with Crippen LogP contribution in [0.4, 0.5) is 10.3 Å². The van der Waals surface area contributed by atoms with E-state index in [1.165, 1.54) is 24.3 Å². The smallest absolute Gasteiger partial charge is 0.291 e. The summed E-state index contributed by atoms with van der Waals surface area (Å²) in [5.41, 5.74) is 0.713. The van der Waals surface area contributed by atoms with Gasteiger partial charge in [0.25, 0.3) is 11.8 Å². The number of terminal acetylenes is 1. The average molecular weight is 584 g/mol. The van der Waals surface area contributed by atoms with E-state index in [2.05, 4.69) is 38.1 Å². The molecule has 1 aliphatic rings. The summed E-state index contributed by atoms with van der Waals surface area (Å²) in [6.45, 7) is 5.40. The monoisotopic (exact) mass is 583 g/mol. The van der Waals surface area contributed by atoms with Gasteiger partial charge in [-0.1, -0.05) is 24.1 Å². The fourth-order valence-corrected chi connectivity index (χ4v) is 4.39. The molecule has 0 radical (unpaired) electrons. The second-order valence-corrected chi connectivity index (χ2v) is 9.59. The summed E-state index contributed by atoms with van der Waals surface area (Å²) in [6, 6.07) is 0.741. The van der Waals surface area contributed by atoms with Crippen molar-refractivity contribution >= 4 is 29.4 Å². The number of hydrogen-bond donors (Lipinski definition) is 4. The van der Waals surface area contributed by atoms with E-state index in [1.807, 2.05) is 0 Å². The molecule has 1 aromatic carbocycles. The Kier molecular flexibility index (Phi) is 8.75. The van der Waals surface area contributed by atoms with Gasteiger partial charge in [0, 0.05) is 31.4 Å². The molecule has 0 aliphatic carbocycles. The molecular formula is C27H27ClFN7O5. The largest absolute Gasteiger partial charge is 0.510 e. The summed E-state index contributed by atoms with van der Waals surface area (Å²) >= 11 is 6.31. The lowest BCUT2D eigenvalue weighted by Crippen LogP contribution is -2.53. The molecule has 4 N–H and O–H groups in total. The Hall–Kier alpha value is -4.67. The van der Waals surface area contributed by atoms with Gasteiger partial charge in [-0.2, -0.15) is 0 Å². The maximum absolute atomic E-state index is 14.1. The van der Waals surface area contributed by atoms with Gasteiger partial charge in [-0.15, -0.1) is 6.42 Å². The van der Waals surface area contributed by atoms with Crippen LogP contribution < -0.4 is 15.4 Å². The number of benzene rings is 1. The zero-order valence-electron chi connectivity index (χ0n) is 22.1. The normalized spacial score (nSPS) is 14.8. The van der Waals surface area contributed by atoms with Crippen LogP contribution in [0.2, 0.25) is 5.02 Å². The third-order valence-electron chi connectivity index (χ3n) is 6.25. The number of aliphatic hydroxyl groups excluding tert-OH is 2. The number of carbonyl (C=O) groups excluding carboxylic acids is 2. The minimum absolute atomic E-state index is 0.00481. The molecule has 0 bridgehead atoms. The number of imidazole rings is 1. The molecule has 0 spiro atoms. The lowest BCUT2D eigenvalue weighted by Gasteiger charge is -2.32. The number of aromatic nitrogens is 4. The number of hydrogen-bond acceptors (Lipinski definition) is 9. The number of methoxy groups -OCH3 is 1. The number of rotatable bonds is 10. The van der Waals surface area contributed by atoms with Crippen molar-refractivity contribution in [3.8, 4) is 29.5 Å². The van der Waals surface area contributed by atoms with E-state index in [9.17, 15) is 24.2 Å². The zero-order chi connectivity index (χ0) is 29.8. The average Bonchev–Trinajstić information content (AvgIpc) is 3.38. The highest BCUT2D eigenvalue weighted by molar-refractivity contribution is 6.32. The van der Waals surface area contributed by atoms with Gasteiger partial charge in [-0.3, -0.25) is 9.59 Å². The Morgan fingerprint density at radius 2 is 2.10 bits per heavy atom. The number of amides is 2. The third kappa shape index (κ3) is 6.24. The first-order chi connectivity index (χ1) is 19.6. The summed E-state index contributed by atoms with van der Waals surface area (Å²) in [6.07, 6.45) is 8.65. The van der Waals surface area contributed by atoms with Crippen molar-refractivity contribution in [2.45, 2.75) is 31.6 Å². The first-order valence-electron chi connectivity index (χ1n) is 12.3. The molecule has 2 aromatic heterocycles. The van der Waals surface area contributed by atoms with Crippen molar-refractivity contribution in [1.82, 2.24) is 29.7 Å². The van der Waals surface area contributed by atoms with Crippen molar-refractivity contribution in [2.24, 2.45) is 0 Å². The number of aliphatic hydroxyl groups is 2. The summed E-state index contributed by atoms with van der Waals surface area (Å²) in [7, 11) is 1.35. The summed E-state index contributed by atoms with van der Waals surface area (Å²) in [4.78, 5) is 40.7. The third-order valence-corrected chi connectivity index (χ3v) is 6.52. The van der Waals surface area contributed by atoms with Crippen LogP contribution >= 0.6 is 11.6 Å². The van der Waals surface area contributed by atoms with Crippen LogP contribution in [-0.2, 0) is 11.3 Å². The fourth-order valence-electron chi connectivity index (χ4n) is 4.20. The Bertz CT molecular complexity index is 1540. The topological polar surface area (TPSA) is 155 Å². The van der Waals surface area contributed by atoms with Crippen molar-refractivity contribution in [3.05, 3.63) is 65.2 Å². The molecule has 214 valence electrons. The van der Waals surface area contributed by atoms with Gasteiger partial charge >= 0.3 is 0 Å². The van der Waals surface area contributed by atoms with Gasteiger partial charge in [-0.25, -0.2) is 19.3 Å². The molecule has 3 atom stereocenters. The highest BCUT2D eigenvalue weighted by Crippen LogP contribution is 2.28. The Morgan fingerprint density at radius 1 is 1.34 bits per heavy atom. The molecule has 41 heavy (non-hydrogen) atoms. The van der Waals surface area contributed by atoms with Crippen LogP contribution in [0.15, 0.2) is 42.9 Å². The van der Waals surface area contributed by atoms with Gasteiger partial charge < -0.3 is 35.1 Å². The van der Waals surface area contributed by atoms with Gasteiger partial charge in [0.2, 0.25) is 5.95 Å². The SMILES string of the molecule is C#C[C@@H](C(=O)N[C@H](C(=C)O)c1cc(F)cc(OC)c1)N1CCn2cc(-c3nc(N[C@@H](C)CO)ncc3Cl)nc2C1=O.